The van der Waals surface area contributed by atoms with Gasteiger partial charge in [-0.2, -0.15) is 0 Å². The molecule has 10 heavy (non-hydrogen) atoms. The highest BCUT2D eigenvalue weighted by atomic mass is 28.3. The second kappa shape index (κ2) is 3.81. The molecule has 0 heterocycles. The smallest absolute Gasteiger partial charge is 0.0739 e. The van der Waals surface area contributed by atoms with E-state index in [4.69, 9.17) is 0 Å². The van der Waals surface area contributed by atoms with Crippen LogP contribution in [0.1, 0.15) is 13.8 Å². The summed E-state index contributed by atoms with van der Waals surface area (Å²) in [5, 5.41) is 4.76. The van der Waals surface area contributed by atoms with Gasteiger partial charge in [-0.05, 0) is 20.0 Å². The molecule has 0 saturated heterocycles. The highest BCUT2D eigenvalue weighted by Gasteiger charge is 2.14. The molecule has 2 heteroatoms. The monoisotopic (exact) mass is 157 g/mol. The molecule has 0 aromatic rings. The molecule has 0 fully saturated rings. The fraction of sp³-hybridized carbons (Fsp3) is 0.750. The summed E-state index contributed by atoms with van der Waals surface area (Å²) >= 11 is 0. The fourth-order valence-corrected chi connectivity index (χ4v) is 1.01. The van der Waals surface area contributed by atoms with Crippen LogP contribution in [0.2, 0.25) is 19.6 Å². The first-order chi connectivity index (χ1) is 4.48. The zero-order valence-corrected chi connectivity index (χ0v) is 8.78. The summed E-state index contributed by atoms with van der Waals surface area (Å²) in [4.78, 5) is 0. The summed E-state index contributed by atoms with van der Waals surface area (Å²) < 4.78 is 0. The van der Waals surface area contributed by atoms with Crippen molar-refractivity contribution >= 4 is 8.07 Å². The lowest BCUT2D eigenvalue weighted by Crippen LogP contribution is -2.24. The van der Waals surface area contributed by atoms with Gasteiger partial charge < -0.3 is 5.32 Å². The van der Waals surface area contributed by atoms with Crippen LogP contribution in [0.3, 0.4) is 0 Å². The summed E-state index contributed by atoms with van der Waals surface area (Å²) in [7, 11) is -0.999. The summed E-state index contributed by atoms with van der Waals surface area (Å²) in [6.07, 6.45) is 2.16. The first-order valence-electron chi connectivity index (χ1n) is 3.89. The Morgan fingerprint density at radius 3 is 2.20 bits per heavy atom. The van der Waals surface area contributed by atoms with Gasteiger partial charge in [0.2, 0.25) is 0 Å². The Balaban J connectivity index is 3.93. The lowest BCUT2D eigenvalue weighted by Gasteiger charge is -2.16. The molecular weight excluding hydrogens is 138 g/mol. The van der Waals surface area contributed by atoms with E-state index in [1.807, 2.05) is 0 Å². The minimum Gasteiger partial charge on any atom is -0.392 e. The van der Waals surface area contributed by atoms with Crippen LogP contribution in [0, 0.1) is 0 Å². The van der Waals surface area contributed by atoms with Gasteiger partial charge >= 0.3 is 0 Å². The first kappa shape index (κ1) is 9.76. The Hall–Kier alpha value is -0.243. The van der Waals surface area contributed by atoms with Crippen LogP contribution in [0.5, 0.6) is 0 Å². The molecule has 0 bridgehead atoms. The molecule has 0 radical (unpaired) electrons. The Labute approximate surface area is 65.5 Å². The van der Waals surface area contributed by atoms with Crippen molar-refractivity contribution < 1.29 is 0 Å². The second-order valence-electron chi connectivity index (χ2n) is 3.64. The maximum Gasteiger partial charge on any atom is 0.0739 e. The standard InChI is InChI=1S/C8H19NSi/c1-6-9-7-8(2)10(3,4)5/h7,9H,6H2,1-5H3/b8-7+. The van der Waals surface area contributed by atoms with Crippen LogP contribution >= 0.6 is 0 Å². The quantitative estimate of drug-likeness (QED) is 0.620. The first-order valence-corrected chi connectivity index (χ1v) is 7.39. The average molecular weight is 157 g/mol. The van der Waals surface area contributed by atoms with E-state index in [0.29, 0.717) is 0 Å². The highest BCUT2D eigenvalue weighted by Crippen LogP contribution is 2.11. The molecule has 0 unspecified atom stereocenters. The molecule has 0 saturated carbocycles. The third-order valence-electron chi connectivity index (χ3n) is 1.71. The predicted molar refractivity (Wildman–Crippen MR) is 50.8 cm³/mol. The Bertz CT molecular complexity index is 122. The Morgan fingerprint density at radius 1 is 1.40 bits per heavy atom. The number of nitrogens with one attached hydrogen (secondary N) is 1. The Morgan fingerprint density at radius 2 is 1.90 bits per heavy atom. The van der Waals surface area contributed by atoms with E-state index in [1.165, 1.54) is 5.20 Å². The third-order valence-corrected chi connectivity index (χ3v) is 4.22. The summed E-state index contributed by atoms with van der Waals surface area (Å²) in [6.45, 7) is 12.4. The summed E-state index contributed by atoms with van der Waals surface area (Å²) in [6, 6.07) is 0. The van der Waals surface area contributed by atoms with Gasteiger partial charge in [0.1, 0.15) is 0 Å². The molecule has 0 amide bonds. The van der Waals surface area contributed by atoms with Crippen molar-refractivity contribution in [1.29, 1.82) is 0 Å². The van der Waals surface area contributed by atoms with Crippen molar-refractivity contribution in [3.63, 3.8) is 0 Å². The molecule has 1 nitrogen and oxygen atoms in total. The van der Waals surface area contributed by atoms with Crippen LogP contribution in [-0.4, -0.2) is 14.6 Å². The molecule has 0 aliphatic carbocycles. The number of hydrogen-bond acceptors (Lipinski definition) is 1. The van der Waals surface area contributed by atoms with Crippen LogP contribution in [0.25, 0.3) is 0 Å². The van der Waals surface area contributed by atoms with E-state index in [9.17, 15) is 0 Å². The van der Waals surface area contributed by atoms with Gasteiger partial charge in [0.15, 0.2) is 0 Å². The number of hydrogen-bond donors (Lipinski definition) is 1. The van der Waals surface area contributed by atoms with Gasteiger partial charge in [-0.25, -0.2) is 0 Å². The molecule has 0 spiro atoms. The van der Waals surface area contributed by atoms with Crippen molar-refractivity contribution in [3.05, 3.63) is 11.4 Å². The fourth-order valence-electron chi connectivity index (χ4n) is 0.472. The van der Waals surface area contributed by atoms with E-state index in [-0.39, 0.29) is 0 Å². The van der Waals surface area contributed by atoms with Gasteiger partial charge in [0.05, 0.1) is 8.07 Å². The molecule has 0 atom stereocenters. The minimum absolute atomic E-state index is 0.999. The zero-order chi connectivity index (χ0) is 8.20. The highest BCUT2D eigenvalue weighted by molar-refractivity contribution is 6.82. The van der Waals surface area contributed by atoms with Crippen LogP contribution in [0.15, 0.2) is 11.4 Å². The van der Waals surface area contributed by atoms with E-state index < -0.39 is 8.07 Å². The molecular formula is C8H19NSi. The molecule has 0 aliphatic heterocycles. The van der Waals surface area contributed by atoms with E-state index in [2.05, 4.69) is 45.0 Å². The lowest BCUT2D eigenvalue weighted by atomic mass is 10.6. The van der Waals surface area contributed by atoms with Gasteiger partial charge in [0, 0.05) is 6.54 Å². The van der Waals surface area contributed by atoms with E-state index in [0.717, 1.165) is 6.54 Å². The van der Waals surface area contributed by atoms with Gasteiger partial charge in [-0.15, -0.1) is 0 Å². The van der Waals surface area contributed by atoms with Crippen molar-refractivity contribution in [2.45, 2.75) is 33.5 Å². The second-order valence-corrected chi connectivity index (χ2v) is 8.92. The minimum atomic E-state index is -0.999. The van der Waals surface area contributed by atoms with E-state index >= 15 is 0 Å². The molecule has 0 rings (SSSR count). The van der Waals surface area contributed by atoms with Crippen LogP contribution < -0.4 is 5.32 Å². The van der Waals surface area contributed by atoms with Crippen LogP contribution in [-0.2, 0) is 0 Å². The SMILES string of the molecule is CCN/C=C(\C)[Si](C)(C)C. The van der Waals surface area contributed by atoms with Crippen molar-refractivity contribution in [1.82, 2.24) is 5.32 Å². The number of rotatable bonds is 3. The third kappa shape index (κ3) is 3.72. The molecule has 0 aliphatic rings. The van der Waals surface area contributed by atoms with Crippen molar-refractivity contribution in [3.8, 4) is 0 Å². The predicted octanol–water partition coefficient (Wildman–Crippen LogP) is 2.38. The van der Waals surface area contributed by atoms with Crippen molar-refractivity contribution in [2.75, 3.05) is 6.54 Å². The molecule has 60 valence electrons. The van der Waals surface area contributed by atoms with E-state index in [1.54, 1.807) is 0 Å². The maximum absolute atomic E-state index is 3.23. The van der Waals surface area contributed by atoms with Crippen LogP contribution in [0.4, 0.5) is 0 Å². The summed E-state index contributed by atoms with van der Waals surface area (Å²) in [5.41, 5.74) is 0. The zero-order valence-electron chi connectivity index (χ0n) is 7.78. The lowest BCUT2D eigenvalue weighted by molar-refractivity contribution is 0.913. The average Bonchev–Trinajstić information content (AvgIpc) is 1.80. The van der Waals surface area contributed by atoms with Gasteiger partial charge in [-0.3, -0.25) is 0 Å². The Kier molecular flexibility index (Phi) is 3.72. The topological polar surface area (TPSA) is 12.0 Å². The summed E-state index contributed by atoms with van der Waals surface area (Å²) in [5.74, 6) is 0. The number of allylic oxidation sites excluding steroid dienone is 1. The largest absolute Gasteiger partial charge is 0.392 e. The normalized spacial score (nSPS) is 13.5. The van der Waals surface area contributed by atoms with Gasteiger partial charge in [-0.1, -0.05) is 24.8 Å². The molecule has 0 aromatic heterocycles. The molecule has 1 N–H and O–H groups in total. The van der Waals surface area contributed by atoms with Gasteiger partial charge in [0.25, 0.3) is 0 Å². The maximum atomic E-state index is 3.23. The molecule has 0 aromatic carbocycles. The van der Waals surface area contributed by atoms with Crippen molar-refractivity contribution in [2.24, 2.45) is 0 Å².